The highest BCUT2D eigenvalue weighted by molar-refractivity contribution is 5.98. The average Bonchev–Trinajstić information content (AvgIpc) is 3.17. The largest absolute Gasteiger partial charge is 0.483 e. The number of carbonyl (C=O) groups excluding carboxylic acids is 5. The van der Waals surface area contributed by atoms with Crippen LogP contribution in [0.15, 0.2) is 84.9 Å². The smallest absolute Gasteiger partial charge is 0.408 e. The molecular weight excluding hydrogens is 722 g/mol. The van der Waals surface area contributed by atoms with Crippen LogP contribution in [0.5, 0.6) is 5.75 Å². The van der Waals surface area contributed by atoms with Crippen molar-refractivity contribution < 1.29 is 52.8 Å². The molecule has 0 heterocycles. The van der Waals surface area contributed by atoms with Crippen LogP contribution in [0, 0.1) is 0 Å². The summed E-state index contributed by atoms with van der Waals surface area (Å²) >= 11 is 0. The van der Waals surface area contributed by atoms with Crippen molar-refractivity contribution in [2.24, 2.45) is 0 Å². The third-order valence-corrected chi connectivity index (χ3v) is 7.02. The van der Waals surface area contributed by atoms with Gasteiger partial charge in [-0.25, -0.2) is 14.4 Å². The molecule has 0 aliphatic heterocycles. The summed E-state index contributed by atoms with van der Waals surface area (Å²) in [6.45, 7) is 11.1. The second-order valence-corrected chi connectivity index (χ2v) is 13.3. The Morgan fingerprint density at radius 1 is 0.732 bits per heavy atom. The van der Waals surface area contributed by atoms with Gasteiger partial charge in [-0.1, -0.05) is 113 Å². The Hall–Kier alpha value is -5.92. The Morgan fingerprint density at radius 3 is 1.70 bits per heavy atom. The number of carbonyl (C=O) groups is 6. The third kappa shape index (κ3) is 21.7. The predicted octanol–water partition coefficient (Wildman–Crippen LogP) is 5.90. The number of benzene rings is 3. The van der Waals surface area contributed by atoms with Gasteiger partial charge < -0.3 is 40.0 Å². The molecule has 1 atom stereocenters. The van der Waals surface area contributed by atoms with Gasteiger partial charge in [0.2, 0.25) is 11.8 Å². The predicted molar refractivity (Wildman–Crippen MR) is 210 cm³/mol. The zero-order chi connectivity index (χ0) is 41.8. The highest BCUT2D eigenvalue weighted by atomic mass is 16.6. The van der Waals surface area contributed by atoms with Crippen molar-refractivity contribution in [2.45, 2.75) is 105 Å². The maximum absolute atomic E-state index is 13.1. The molecule has 14 heteroatoms. The third-order valence-electron chi connectivity index (χ3n) is 7.02. The summed E-state index contributed by atoms with van der Waals surface area (Å²) in [5.41, 5.74) is 1.39. The van der Waals surface area contributed by atoms with Crippen LogP contribution in [0.25, 0.3) is 0 Å². The molecule has 3 amide bonds. The van der Waals surface area contributed by atoms with Gasteiger partial charge in [0.15, 0.2) is 0 Å². The molecular formula is C42H57N3O11. The molecule has 0 aliphatic rings. The molecule has 0 aliphatic carbocycles. The fourth-order valence-electron chi connectivity index (χ4n) is 4.51. The molecule has 1 unspecified atom stereocenters. The van der Waals surface area contributed by atoms with Crippen molar-refractivity contribution in [1.82, 2.24) is 16.0 Å². The number of alkyl carbamates (subject to hydrolysis) is 1. The van der Waals surface area contributed by atoms with E-state index in [4.69, 9.17) is 28.8 Å². The SMILES string of the molecule is CCC.CCCCCNC(=O)C(Cc1ccc(OC(C(=O)OCc2ccccc2)C(=O)OCc2ccccc2)cc1)NC(=O)CNC(=O)OC(C)(C)C.O=CO. The minimum atomic E-state index is -1.70. The lowest BCUT2D eigenvalue weighted by molar-refractivity contribution is -0.168. The lowest BCUT2D eigenvalue weighted by Crippen LogP contribution is -2.51. The molecule has 56 heavy (non-hydrogen) atoms. The van der Waals surface area contributed by atoms with E-state index in [0.717, 1.165) is 30.4 Å². The second kappa shape index (κ2) is 27.6. The molecule has 3 aromatic carbocycles. The van der Waals surface area contributed by atoms with Gasteiger partial charge in [0, 0.05) is 13.0 Å². The van der Waals surface area contributed by atoms with Gasteiger partial charge in [0.05, 0.1) is 0 Å². The number of ether oxygens (including phenoxy) is 4. The molecule has 4 N–H and O–H groups in total. The lowest BCUT2D eigenvalue weighted by Gasteiger charge is -2.21. The molecule has 3 aromatic rings. The van der Waals surface area contributed by atoms with Gasteiger partial charge in [-0.3, -0.25) is 14.4 Å². The van der Waals surface area contributed by atoms with E-state index in [9.17, 15) is 24.0 Å². The average molecular weight is 780 g/mol. The number of unbranched alkanes of at least 4 members (excludes halogenated alkanes) is 2. The number of esters is 2. The van der Waals surface area contributed by atoms with E-state index in [1.54, 1.807) is 93.6 Å². The minimum Gasteiger partial charge on any atom is -0.483 e. The molecule has 14 nitrogen and oxygen atoms in total. The van der Waals surface area contributed by atoms with Gasteiger partial charge in [0.1, 0.15) is 37.2 Å². The van der Waals surface area contributed by atoms with Crippen LogP contribution >= 0.6 is 0 Å². The molecule has 0 radical (unpaired) electrons. The van der Waals surface area contributed by atoms with E-state index < -0.39 is 41.7 Å². The molecule has 0 fully saturated rings. The van der Waals surface area contributed by atoms with Crippen molar-refractivity contribution in [2.75, 3.05) is 13.1 Å². The Morgan fingerprint density at radius 2 is 1.23 bits per heavy atom. The van der Waals surface area contributed by atoms with Gasteiger partial charge in [0.25, 0.3) is 12.6 Å². The normalized spacial score (nSPS) is 10.8. The molecule has 0 saturated carbocycles. The molecule has 306 valence electrons. The first-order valence-corrected chi connectivity index (χ1v) is 18.5. The first-order chi connectivity index (χ1) is 26.8. The van der Waals surface area contributed by atoms with E-state index in [1.807, 2.05) is 12.1 Å². The van der Waals surface area contributed by atoms with E-state index in [-0.39, 0.29) is 44.3 Å². The van der Waals surface area contributed by atoms with Gasteiger partial charge in [-0.15, -0.1) is 0 Å². The number of hydrogen-bond acceptors (Lipinski definition) is 10. The first-order valence-electron chi connectivity index (χ1n) is 18.5. The monoisotopic (exact) mass is 779 g/mol. The van der Waals surface area contributed by atoms with E-state index in [1.165, 1.54) is 6.42 Å². The summed E-state index contributed by atoms with van der Waals surface area (Å²) in [5, 5.41) is 14.8. The number of carboxylic acid groups (broad SMARTS) is 1. The van der Waals surface area contributed by atoms with Crippen LogP contribution in [-0.4, -0.2) is 72.3 Å². The number of rotatable bonds is 18. The van der Waals surface area contributed by atoms with Crippen LogP contribution in [0.1, 0.15) is 83.9 Å². The van der Waals surface area contributed by atoms with Crippen LogP contribution in [0.2, 0.25) is 0 Å². The number of amides is 3. The molecule has 0 spiro atoms. The Labute approximate surface area is 329 Å². The van der Waals surface area contributed by atoms with Crippen molar-refractivity contribution in [3.05, 3.63) is 102 Å². The summed E-state index contributed by atoms with van der Waals surface area (Å²) in [5.74, 6) is -2.61. The summed E-state index contributed by atoms with van der Waals surface area (Å²) in [6, 6.07) is 23.5. The number of hydrogen-bond donors (Lipinski definition) is 4. The van der Waals surface area contributed by atoms with Gasteiger partial charge in [-0.2, -0.15) is 0 Å². The van der Waals surface area contributed by atoms with E-state index in [0.29, 0.717) is 12.1 Å². The fraction of sp³-hybridized carbons (Fsp3) is 0.429. The topological polar surface area (TPSA) is 196 Å². The Bertz CT molecular complexity index is 1540. The zero-order valence-electron chi connectivity index (χ0n) is 33.2. The maximum atomic E-state index is 13.1. The van der Waals surface area contributed by atoms with Crippen molar-refractivity contribution in [3.63, 3.8) is 0 Å². The summed E-state index contributed by atoms with van der Waals surface area (Å²) in [4.78, 5) is 72.4. The lowest BCUT2D eigenvalue weighted by atomic mass is 10.0. The van der Waals surface area contributed by atoms with E-state index >= 15 is 0 Å². The van der Waals surface area contributed by atoms with Crippen LogP contribution in [0.3, 0.4) is 0 Å². The van der Waals surface area contributed by atoms with Crippen molar-refractivity contribution in [3.8, 4) is 5.75 Å². The fourth-order valence-corrected chi connectivity index (χ4v) is 4.51. The summed E-state index contributed by atoms with van der Waals surface area (Å²) < 4.78 is 21.8. The van der Waals surface area contributed by atoms with E-state index in [2.05, 4.69) is 36.7 Å². The molecule has 0 aromatic heterocycles. The van der Waals surface area contributed by atoms with Crippen molar-refractivity contribution >= 4 is 36.3 Å². The zero-order valence-corrected chi connectivity index (χ0v) is 33.2. The molecule has 3 rings (SSSR count). The van der Waals surface area contributed by atoms with Gasteiger partial charge in [-0.05, 0) is 56.0 Å². The standard InChI is InChI=1S/C38H47N3O9.C3H8.CH2O2/c1-5-6-13-22-39-34(43)31(41-32(42)24-40-37(46)50-38(2,3)4)23-27-18-20-30(21-19-27)49-33(35(44)47-25-28-14-9-7-10-15-28)36(45)48-26-29-16-11-8-12-17-29;1-3-2;2-1-3/h7-12,14-21,31,33H,5-6,13,22-26H2,1-4H3,(H,39,43)(H,40,46)(H,41,42);3H2,1-2H3;1H,(H,2,3). The highest BCUT2D eigenvalue weighted by Crippen LogP contribution is 2.18. The summed E-state index contributed by atoms with van der Waals surface area (Å²) in [7, 11) is 0. The Balaban J connectivity index is 0.00000245. The molecule has 0 saturated heterocycles. The molecule has 0 bridgehead atoms. The van der Waals surface area contributed by atoms with Crippen LogP contribution < -0.4 is 20.7 Å². The van der Waals surface area contributed by atoms with Crippen LogP contribution in [0.4, 0.5) is 4.79 Å². The maximum Gasteiger partial charge on any atom is 0.408 e. The van der Waals surface area contributed by atoms with Crippen LogP contribution in [-0.2, 0) is 57.8 Å². The summed E-state index contributed by atoms with van der Waals surface area (Å²) in [6.07, 6.45) is 1.62. The minimum absolute atomic E-state index is 0.0641. The van der Waals surface area contributed by atoms with Crippen molar-refractivity contribution in [1.29, 1.82) is 0 Å². The number of nitrogens with one attached hydrogen (secondary N) is 3. The Kier molecular flexibility index (Phi) is 23.7. The second-order valence-electron chi connectivity index (χ2n) is 13.3. The van der Waals surface area contributed by atoms with Gasteiger partial charge >= 0.3 is 18.0 Å². The quantitative estimate of drug-likeness (QED) is 0.0395. The first kappa shape index (κ1) is 48.1. The highest BCUT2D eigenvalue weighted by Gasteiger charge is 2.33.